The van der Waals surface area contributed by atoms with Crippen molar-refractivity contribution in [1.82, 2.24) is 14.7 Å². The number of aliphatic hydroxyl groups is 1. The summed E-state index contributed by atoms with van der Waals surface area (Å²) in [6, 6.07) is -0.334. The van der Waals surface area contributed by atoms with Crippen molar-refractivity contribution in [2.24, 2.45) is 11.8 Å². The molecule has 0 radical (unpaired) electrons. The van der Waals surface area contributed by atoms with Crippen LogP contribution in [0.5, 0.6) is 0 Å². The first kappa shape index (κ1) is 22.1. The highest BCUT2D eigenvalue weighted by atomic mass is 32.2. The minimum absolute atomic E-state index is 0.0490. The monoisotopic (exact) mass is 425 g/mol. The quantitative estimate of drug-likeness (QED) is 0.608. The molecule has 0 aliphatic carbocycles. The maximum absolute atomic E-state index is 12.6. The molecular formula is C20H31N3O5S. The number of thioether (sulfide) groups is 1. The Bertz CT molecular complexity index is 750. The Kier molecular flexibility index (Phi) is 6.04. The summed E-state index contributed by atoms with van der Waals surface area (Å²) in [4.78, 5) is 42.9. The van der Waals surface area contributed by atoms with Gasteiger partial charge < -0.3 is 20.0 Å². The molecular weight excluding hydrogens is 394 g/mol. The zero-order valence-corrected chi connectivity index (χ0v) is 18.6. The number of rotatable bonds is 6. The Morgan fingerprint density at radius 1 is 1.24 bits per heavy atom. The molecule has 2 fully saturated rings. The molecule has 3 aliphatic heterocycles. The number of carbonyl (C=O) groups excluding carboxylic acids is 2. The van der Waals surface area contributed by atoms with Crippen LogP contribution in [0, 0.1) is 11.8 Å². The van der Waals surface area contributed by atoms with Gasteiger partial charge in [-0.3, -0.25) is 14.5 Å². The Labute approximate surface area is 175 Å². The van der Waals surface area contributed by atoms with Gasteiger partial charge in [-0.05, 0) is 27.2 Å². The van der Waals surface area contributed by atoms with Crippen LogP contribution < -0.4 is 0 Å². The van der Waals surface area contributed by atoms with E-state index in [2.05, 4.69) is 18.7 Å². The van der Waals surface area contributed by atoms with Crippen molar-refractivity contribution in [3.05, 3.63) is 10.6 Å². The van der Waals surface area contributed by atoms with Crippen molar-refractivity contribution < 1.29 is 24.6 Å². The number of hydrogen-bond acceptors (Lipinski definition) is 6. The molecule has 0 aromatic heterocycles. The number of carboxylic acid groups (broad SMARTS) is 1. The topological polar surface area (TPSA) is 101 Å². The van der Waals surface area contributed by atoms with E-state index in [1.54, 1.807) is 25.9 Å². The Morgan fingerprint density at radius 3 is 2.34 bits per heavy atom. The zero-order chi connectivity index (χ0) is 21.8. The van der Waals surface area contributed by atoms with Crippen molar-refractivity contribution >= 4 is 29.5 Å². The molecule has 8 nitrogen and oxygen atoms in total. The summed E-state index contributed by atoms with van der Waals surface area (Å²) >= 11 is 1.49. The number of fused-ring (bicyclic) bond motifs is 1. The van der Waals surface area contributed by atoms with Crippen LogP contribution in [0.25, 0.3) is 0 Å². The molecule has 2 N–H and O–H groups in total. The molecule has 0 aromatic rings. The number of hydrogen-bond donors (Lipinski definition) is 2. The Balaban J connectivity index is 1.85. The van der Waals surface area contributed by atoms with Gasteiger partial charge in [-0.2, -0.15) is 0 Å². The van der Waals surface area contributed by atoms with Crippen LogP contribution in [0.4, 0.5) is 0 Å². The van der Waals surface area contributed by atoms with Gasteiger partial charge in [0.25, 0.3) is 0 Å². The van der Waals surface area contributed by atoms with E-state index in [0.29, 0.717) is 17.9 Å². The second-order valence-corrected chi connectivity index (χ2v) is 10.1. The first-order valence-corrected chi connectivity index (χ1v) is 11.0. The molecule has 9 heteroatoms. The lowest BCUT2D eigenvalue weighted by Gasteiger charge is -2.46. The molecule has 2 amide bonds. The van der Waals surface area contributed by atoms with E-state index in [0.717, 1.165) is 0 Å². The fourth-order valence-electron chi connectivity index (χ4n) is 4.88. The maximum atomic E-state index is 12.6. The number of aliphatic carboxylic acids is 1. The highest BCUT2D eigenvalue weighted by Gasteiger charge is 2.60. The molecule has 6 atom stereocenters. The maximum Gasteiger partial charge on any atom is 0.353 e. The van der Waals surface area contributed by atoms with E-state index in [-0.39, 0.29) is 46.8 Å². The first-order valence-electron chi connectivity index (χ1n) is 10.1. The van der Waals surface area contributed by atoms with Gasteiger partial charge in [0.2, 0.25) is 11.8 Å². The molecule has 29 heavy (non-hydrogen) atoms. The van der Waals surface area contributed by atoms with E-state index < -0.39 is 18.0 Å². The molecule has 0 saturated carbocycles. The third-order valence-electron chi connectivity index (χ3n) is 6.29. The zero-order valence-electron chi connectivity index (χ0n) is 17.8. The largest absolute Gasteiger partial charge is 0.477 e. The summed E-state index contributed by atoms with van der Waals surface area (Å²) in [7, 11) is 3.50. The summed E-state index contributed by atoms with van der Waals surface area (Å²) in [5.41, 5.74) is 0.0490. The lowest BCUT2D eigenvalue weighted by atomic mass is 9.79. The number of likely N-dealkylation sites (N-methyl/N-ethyl adjacent to an activating group) is 1. The van der Waals surface area contributed by atoms with Crippen LogP contribution in [0.15, 0.2) is 10.6 Å². The predicted octanol–water partition coefficient (Wildman–Crippen LogP) is 0.813. The average molecular weight is 426 g/mol. The summed E-state index contributed by atoms with van der Waals surface area (Å²) in [5, 5.41) is 19.8. The van der Waals surface area contributed by atoms with Crippen LogP contribution in [0.1, 0.15) is 34.1 Å². The standard InChI is InChI=1S/C20H31N3O5S/c1-9(2)22-8-12(7-13(22)18(25)21(5)6)29-17-10(3)15-14(11(4)24)19(26)23(15)16(17)20(27)28/h9-15,24H,7-8H2,1-6H3,(H,27,28). The number of carbonyl (C=O) groups is 3. The average Bonchev–Trinajstić information content (AvgIpc) is 3.13. The van der Waals surface area contributed by atoms with Crippen molar-refractivity contribution in [2.75, 3.05) is 20.6 Å². The summed E-state index contributed by atoms with van der Waals surface area (Å²) < 4.78 is 0. The van der Waals surface area contributed by atoms with E-state index in [4.69, 9.17) is 0 Å². The molecule has 0 aromatic carbocycles. The summed E-state index contributed by atoms with van der Waals surface area (Å²) in [6.07, 6.45) is -0.169. The van der Waals surface area contributed by atoms with Crippen molar-refractivity contribution in [2.45, 2.75) is 63.6 Å². The second kappa shape index (κ2) is 7.92. The van der Waals surface area contributed by atoms with E-state index in [1.165, 1.54) is 16.7 Å². The minimum Gasteiger partial charge on any atom is -0.477 e. The third-order valence-corrected chi connectivity index (χ3v) is 7.79. The molecule has 2 saturated heterocycles. The van der Waals surface area contributed by atoms with E-state index in [1.807, 2.05) is 6.92 Å². The molecule has 0 spiro atoms. The van der Waals surface area contributed by atoms with Gasteiger partial charge in [0.05, 0.1) is 24.1 Å². The molecule has 6 unspecified atom stereocenters. The highest BCUT2D eigenvalue weighted by molar-refractivity contribution is 8.03. The Morgan fingerprint density at radius 2 is 1.86 bits per heavy atom. The number of likely N-dealkylation sites (tertiary alicyclic amines) is 1. The number of nitrogens with zero attached hydrogens (tertiary/aromatic N) is 3. The van der Waals surface area contributed by atoms with Crippen LogP contribution in [-0.2, 0) is 14.4 Å². The smallest absolute Gasteiger partial charge is 0.353 e. The molecule has 3 heterocycles. The van der Waals surface area contributed by atoms with Gasteiger partial charge in [0.15, 0.2) is 0 Å². The van der Waals surface area contributed by atoms with Crippen molar-refractivity contribution in [3.8, 4) is 0 Å². The van der Waals surface area contributed by atoms with Gasteiger partial charge in [-0.15, -0.1) is 11.8 Å². The third kappa shape index (κ3) is 3.57. The van der Waals surface area contributed by atoms with Crippen LogP contribution in [-0.4, -0.2) is 92.8 Å². The first-order chi connectivity index (χ1) is 13.5. The fraction of sp³-hybridized carbons (Fsp3) is 0.750. The second-order valence-electron chi connectivity index (χ2n) is 8.79. The van der Waals surface area contributed by atoms with Crippen molar-refractivity contribution in [3.63, 3.8) is 0 Å². The number of amides is 2. The molecule has 3 aliphatic rings. The fourth-order valence-corrected chi connectivity index (χ4v) is 6.41. The highest BCUT2D eigenvalue weighted by Crippen LogP contribution is 2.52. The van der Waals surface area contributed by atoms with Gasteiger partial charge in [0.1, 0.15) is 5.70 Å². The summed E-state index contributed by atoms with van der Waals surface area (Å²) in [5.74, 6) is -2.09. The Hall–Kier alpha value is -1.58. The van der Waals surface area contributed by atoms with E-state index >= 15 is 0 Å². The van der Waals surface area contributed by atoms with Gasteiger partial charge in [0, 0.05) is 42.8 Å². The van der Waals surface area contributed by atoms with E-state index in [9.17, 15) is 24.6 Å². The predicted molar refractivity (Wildman–Crippen MR) is 110 cm³/mol. The van der Waals surface area contributed by atoms with Crippen molar-refractivity contribution in [1.29, 1.82) is 0 Å². The summed E-state index contributed by atoms with van der Waals surface area (Å²) in [6.45, 7) is 8.30. The number of β-lactam (4-membered cyclic amide) rings is 1. The van der Waals surface area contributed by atoms with Gasteiger partial charge in [-0.25, -0.2) is 4.79 Å². The van der Waals surface area contributed by atoms with Crippen LogP contribution >= 0.6 is 11.8 Å². The lowest BCUT2D eigenvalue weighted by Crippen LogP contribution is -2.63. The normalized spacial score (nSPS) is 33.2. The van der Waals surface area contributed by atoms with Crippen LogP contribution in [0.3, 0.4) is 0 Å². The minimum atomic E-state index is -1.11. The molecule has 162 valence electrons. The van der Waals surface area contributed by atoms with Gasteiger partial charge >= 0.3 is 5.97 Å². The van der Waals surface area contributed by atoms with Crippen LogP contribution in [0.2, 0.25) is 0 Å². The molecule has 0 bridgehead atoms. The van der Waals surface area contributed by atoms with Gasteiger partial charge in [-0.1, -0.05) is 6.92 Å². The lowest BCUT2D eigenvalue weighted by molar-refractivity contribution is -0.163. The SMILES string of the molecule is CC(O)C1C(=O)N2C(C(=O)O)=C(SC3CC(C(=O)N(C)C)N(C(C)C)C3)C(C)C12. The molecule has 3 rings (SSSR count). The number of carboxylic acids is 1. The number of aliphatic hydroxyl groups excluding tert-OH is 1.